The fourth-order valence-corrected chi connectivity index (χ4v) is 1.85. The van der Waals surface area contributed by atoms with Crippen molar-refractivity contribution < 1.29 is 14.7 Å². The molecule has 0 fully saturated rings. The van der Waals surface area contributed by atoms with E-state index in [0.29, 0.717) is 13.1 Å². The third-order valence-corrected chi connectivity index (χ3v) is 2.99. The van der Waals surface area contributed by atoms with E-state index in [1.54, 1.807) is 10.9 Å². The number of aliphatic carboxylic acids is 1. The van der Waals surface area contributed by atoms with Crippen LogP contribution < -0.4 is 10.6 Å². The monoisotopic (exact) mass is 282 g/mol. The van der Waals surface area contributed by atoms with Crippen LogP contribution in [0.3, 0.4) is 0 Å². The van der Waals surface area contributed by atoms with Gasteiger partial charge in [0.25, 0.3) is 0 Å². The Balaban J connectivity index is 2.26. The number of rotatable bonds is 8. The molecule has 2 atom stereocenters. The van der Waals surface area contributed by atoms with Gasteiger partial charge < -0.3 is 15.7 Å². The number of amides is 2. The molecule has 0 spiro atoms. The molecular formula is C13H22N4O3. The van der Waals surface area contributed by atoms with Crippen LogP contribution in [0.5, 0.6) is 0 Å². The SMILES string of the molecule is CCC(CNC(=O)NC(C)Cn1cccn1)CC(=O)O. The molecule has 0 aliphatic carbocycles. The number of carboxylic acid groups (broad SMARTS) is 1. The van der Waals surface area contributed by atoms with Gasteiger partial charge in [0.15, 0.2) is 0 Å². The third-order valence-electron chi connectivity index (χ3n) is 2.99. The maximum atomic E-state index is 11.7. The molecule has 0 aliphatic rings. The van der Waals surface area contributed by atoms with Gasteiger partial charge in [0.1, 0.15) is 0 Å². The van der Waals surface area contributed by atoms with Crippen LogP contribution in [-0.4, -0.2) is 39.5 Å². The number of nitrogens with zero attached hydrogens (tertiary/aromatic N) is 2. The van der Waals surface area contributed by atoms with E-state index in [0.717, 1.165) is 6.42 Å². The number of urea groups is 1. The summed E-state index contributed by atoms with van der Waals surface area (Å²) in [6.45, 7) is 4.75. The first-order chi connectivity index (χ1) is 9.51. The second-order valence-corrected chi connectivity index (χ2v) is 4.86. The van der Waals surface area contributed by atoms with Crippen LogP contribution in [0.1, 0.15) is 26.7 Å². The van der Waals surface area contributed by atoms with Crippen LogP contribution >= 0.6 is 0 Å². The molecule has 1 heterocycles. The lowest BCUT2D eigenvalue weighted by Crippen LogP contribution is -2.44. The van der Waals surface area contributed by atoms with Gasteiger partial charge in [0, 0.05) is 31.4 Å². The van der Waals surface area contributed by atoms with E-state index in [2.05, 4.69) is 15.7 Å². The van der Waals surface area contributed by atoms with Crippen molar-refractivity contribution in [1.82, 2.24) is 20.4 Å². The number of hydrogen-bond donors (Lipinski definition) is 3. The van der Waals surface area contributed by atoms with Gasteiger partial charge in [-0.3, -0.25) is 9.48 Å². The highest BCUT2D eigenvalue weighted by atomic mass is 16.4. The number of nitrogens with one attached hydrogen (secondary N) is 2. The normalized spacial score (nSPS) is 13.5. The number of aromatic nitrogens is 2. The lowest BCUT2D eigenvalue weighted by Gasteiger charge is -2.17. The van der Waals surface area contributed by atoms with E-state index in [4.69, 9.17) is 5.11 Å². The first-order valence-corrected chi connectivity index (χ1v) is 6.74. The quantitative estimate of drug-likeness (QED) is 0.664. The van der Waals surface area contributed by atoms with E-state index >= 15 is 0 Å². The van der Waals surface area contributed by atoms with Crippen molar-refractivity contribution in [2.24, 2.45) is 5.92 Å². The van der Waals surface area contributed by atoms with Gasteiger partial charge in [-0.15, -0.1) is 0 Å². The van der Waals surface area contributed by atoms with E-state index in [1.807, 2.05) is 26.1 Å². The summed E-state index contributed by atoms with van der Waals surface area (Å²) in [6.07, 6.45) is 4.30. The molecule has 1 aromatic rings. The van der Waals surface area contributed by atoms with Crippen molar-refractivity contribution in [2.75, 3.05) is 6.54 Å². The molecule has 0 saturated carbocycles. The molecule has 1 rings (SSSR count). The molecule has 112 valence electrons. The minimum absolute atomic E-state index is 0.0420. The van der Waals surface area contributed by atoms with Crippen molar-refractivity contribution in [3.8, 4) is 0 Å². The molecule has 7 nitrogen and oxygen atoms in total. The summed E-state index contributed by atoms with van der Waals surface area (Å²) >= 11 is 0. The number of carbonyl (C=O) groups excluding carboxylic acids is 1. The Kier molecular flexibility index (Phi) is 6.55. The maximum absolute atomic E-state index is 11.7. The Hall–Kier alpha value is -2.05. The zero-order chi connectivity index (χ0) is 15.0. The van der Waals surface area contributed by atoms with Gasteiger partial charge in [-0.2, -0.15) is 5.10 Å². The summed E-state index contributed by atoms with van der Waals surface area (Å²) in [5.41, 5.74) is 0. The van der Waals surface area contributed by atoms with Gasteiger partial charge in [0.05, 0.1) is 6.54 Å². The smallest absolute Gasteiger partial charge is 0.315 e. The molecule has 0 aromatic carbocycles. The molecule has 0 saturated heterocycles. The Labute approximate surface area is 118 Å². The fourth-order valence-electron chi connectivity index (χ4n) is 1.85. The highest BCUT2D eigenvalue weighted by molar-refractivity contribution is 5.74. The average molecular weight is 282 g/mol. The van der Waals surface area contributed by atoms with Crippen molar-refractivity contribution in [2.45, 2.75) is 39.3 Å². The maximum Gasteiger partial charge on any atom is 0.315 e. The van der Waals surface area contributed by atoms with Gasteiger partial charge in [-0.25, -0.2) is 4.79 Å². The lowest BCUT2D eigenvalue weighted by atomic mass is 10.0. The summed E-state index contributed by atoms with van der Waals surface area (Å²) in [5.74, 6) is -0.884. The largest absolute Gasteiger partial charge is 0.481 e. The Bertz CT molecular complexity index is 419. The predicted molar refractivity (Wildman–Crippen MR) is 74.3 cm³/mol. The Morgan fingerprint density at radius 2 is 2.20 bits per heavy atom. The molecule has 2 unspecified atom stereocenters. The van der Waals surface area contributed by atoms with Gasteiger partial charge in [0.2, 0.25) is 0 Å². The molecular weight excluding hydrogens is 260 g/mol. The molecule has 7 heteroatoms. The Morgan fingerprint density at radius 1 is 1.45 bits per heavy atom. The first-order valence-electron chi connectivity index (χ1n) is 6.74. The summed E-state index contributed by atoms with van der Waals surface area (Å²) in [7, 11) is 0. The van der Waals surface area contributed by atoms with E-state index < -0.39 is 5.97 Å². The minimum atomic E-state index is -0.842. The molecule has 2 amide bonds. The standard InChI is InChI=1S/C13H22N4O3/c1-3-11(7-12(18)19)8-14-13(20)16-10(2)9-17-6-4-5-15-17/h4-6,10-11H,3,7-9H2,1-2H3,(H,18,19)(H2,14,16,20). The molecule has 3 N–H and O–H groups in total. The molecule has 0 radical (unpaired) electrons. The van der Waals surface area contributed by atoms with Crippen molar-refractivity contribution in [3.05, 3.63) is 18.5 Å². The van der Waals surface area contributed by atoms with Gasteiger partial charge in [-0.05, 0) is 18.9 Å². The fraction of sp³-hybridized carbons (Fsp3) is 0.615. The van der Waals surface area contributed by atoms with Gasteiger partial charge in [-0.1, -0.05) is 13.3 Å². The van der Waals surface area contributed by atoms with Crippen LogP contribution in [0.4, 0.5) is 4.79 Å². The summed E-state index contributed by atoms with van der Waals surface area (Å²) in [5, 5.41) is 18.3. The zero-order valence-corrected chi connectivity index (χ0v) is 11.9. The topological polar surface area (TPSA) is 96.3 Å². The number of carboxylic acids is 1. The summed E-state index contributed by atoms with van der Waals surface area (Å²) in [6, 6.07) is 1.48. The molecule has 0 aliphatic heterocycles. The highest BCUT2D eigenvalue weighted by Crippen LogP contribution is 2.06. The first kappa shape index (κ1) is 16.0. The predicted octanol–water partition coefficient (Wildman–Crippen LogP) is 1.07. The van der Waals surface area contributed by atoms with Gasteiger partial charge >= 0.3 is 12.0 Å². The van der Waals surface area contributed by atoms with Crippen molar-refractivity contribution >= 4 is 12.0 Å². The van der Waals surface area contributed by atoms with Crippen LogP contribution in [0, 0.1) is 5.92 Å². The zero-order valence-electron chi connectivity index (χ0n) is 11.9. The third kappa shape index (κ3) is 6.21. The van der Waals surface area contributed by atoms with Crippen LogP contribution in [0.25, 0.3) is 0 Å². The van der Waals surface area contributed by atoms with Crippen molar-refractivity contribution in [3.63, 3.8) is 0 Å². The second-order valence-electron chi connectivity index (χ2n) is 4.86. The van der Waals surface area contributed by atoms with E-state index in [9.17, 15) is 9.59 Å². The van der Waals surface area contributed by atoms with E-state index in [1.165, 1.54) is 0 Å². The molecule has 20 heavy (non-hydrogen) atoms. The lowest BCUT2D eigenvalue weighted by molar-refractivity contribution is -0.138. The summed E-state index contributed by atoms with van der Waals surface area (Å²) < 4.78 is 1.74. The van der Waals surface area contributed by atoms with E-state index in [-0.39, 0.29) is 24.4 Å². The number of carbonyl (C=O) groups is 2. The van der Waals surface area contributed by atoms with Crippen LogP contribution in [0.2, 0.25) is 0 Å². The van der Waals surface area contributed by atoms with Crippen LogP contribution in [0.15, 0.2) is 18.5 Å². The van der Waals surface area contributed by atoms with Crippen LogP contribution in [-0.2, 0) is 11.3 Å². The second kappa shape index (κ2) is 8.19. The highest BCUT2D eigenvalue weighted by Gasteiger charge is 2.13. The van der Waals surface area contributed by atoms with Crippen molar-refractivity contribution in [1.29, 1.82) is 0 Å². The number of hydrogen-bond acceptors (Lipinski definition) is 3. The summed E-state index contributed by atoms with van der Waals surface area (Å²) in [4.78, 5) is 22.3. The minimum Gasteiger partial charge on any atom is -0.481 e. The Morgan fingerprint density at radius 3 is 2.75 bits per heavy atom. The molecule has 1 aromatic heterocycles. The molecule has 0 bridgehead atoms. The average Bonchev–Trinajstić information content (AvgIpc) is 2.86.